The molecule has 0 atom stereocenters. The highest BCUT2D eigenvalue weighted by molar-refractivity contribution is 7.12. The van der Waals surface area contributed by atoms with Crippen molar-refractivity contribution >= 4 is 40.9 Å². The minimum Gasteiger partial charge on any atom is -0.380 e. The quantitative estimate of drug-likeness (QED) is 0.542. The van der Waals surface area contributed by atoms with Gasteiger partial charge in [0.15, 0.2) is 5.78 Å². The van der Waals surface area contributed by atoms with Gasteiger partial charge in [-0.2, -0.15) is 0 Å². The van der Waals surface area contributed by atoms with Gasteiger partial charge in [0.05, 0.1) is 23.4 Å². The number of nitrogens with zero attached hydrogens (tertiary/aromatic N) is 3. The lowest BCUT2D eigenvalue weighted by atomic mass is 10.1. The maximum atomic E-state index is 13.0. The van der Waals surface area contributed by atoms with E-state index in [1.807, 2.05) is 77.9 Å². The molecule has 2 heterocycles. The first kappa shape index (κ1) is 23.6. The Kier molecular flexibility index (Phi) is 9.66. The SMILES string of the molecule is C=CC/C(=c1/c2c(s/c1=C/C)C(=O)CN(C(/C=C\C)=C/C)C=N2)N(C)C.CC. The molecule has 0 amide bonds. The van der Waals surface area contributed by atoms with Crippen LogP contribution in [-0.2, 0) is 0 Å². The fourth-order valence-electron chi connectivity index (χ4n) is 2.96. The predicted molar refractivity (Wildman–Crippen MR) is 125 cm³/mol. The molecule has 0 N–H and O–H groups in total. The zero-order valence-electron chi connectivity index (χ0n) is 18.2. The lowest BCUT2D eigenvalue weighted by Gasteiger charge is -2.18. The summed E-state index contributed by atoms with van der Waals surface area (Å²) in [6.45, 7) is 14.1. The molecule has 0 aromatic carbocycles. The number of carbonyl (C=O) groups excluding carboxylic acids is 1. The maximum absolute atomic E-state index is 13.0. The van der Waals surface area contributed by atoms with E-state index in [1.165, 1.54) is 11.3 Å². The summed E-state index contributed by atoms with van der Waals surface area (Å²) < 4.78 is 1.08. The lowest BCUT2D eigenvalue weighted by Crippen LogP contribution is -2.28. The molecule has 1 aliphatic heterocycles. The van der Waals surface area contributed by atoms with Crippen LogP contribution in [0.1, 0.15) is 50.7 Å². The Morgan fingerprint density at radius 2 is 2.00 bits per heavy atom. The van der Waals surface area contributed by atoms with Crippen LogP contribution in [0.2, 0.25) is 0 Å². The molecule has 0 unspecified atom stereocenters. The topological polar surface area (TPSA) is 35.9 Å². The minimum absolute atomic E-state index is 0.0948. The summed E-state index contributed by atoms with van der Waals surface area (Å²) in [5.74, 6) is 0.0948. The van der Waals surface area contributed by atoms with Crippen LogP contribution >= 0.6 is 11.3 Å². The van der Waals surface area contributed by atoms with Gasteiger partial charge in [0, 0.05) is 41.7 Å². The number of hydrogen-bond acceptors (Lipinski definition) is 5. The largest absolute Gasteiger partial charge is 0.380 e. The van der Waals surface area contributed by atoms with Crippen LogP contribution in [-0.4, -0.2) is 42.6 Å². The number of carbonyl (C=O) groups is 1. The van der Waals surface area contributed by atoms with Gasteiger partial charge in [0.1, 0.15) is 0 Å². The molecule has 0 radical (unpaired) electrons. The molecule has 0 spiro atoms. The third kappa shape index (κ3) is 5.10. The summed E-state index contributed by atoms with van der Waals surface area (Å²) in [6, 6.07) is 0. The Morgan fingerprint density at radius 3 is 2.50 bits per heavy atom. The first-order chi connectivity index (χ1) is 13.5. The number of ketones is 1. The number of hydrogen-bond donors (Lipinski definition) is 0. The Hall–Kier alpha value is -2.40. The van der Waals surface area contributed by atoms with Gasteiger partial charge in [-0.05, 0) is 26.8 Å². The second kappa shape index (κ2) is 11.4. The van der Waals surface area contributed by atoms with Crippen LogP contribution in [0, 0.1) is 0 Å². The van der Waals surface area contributed by atoms with Gasteiger partial charge < -0.3 is 9.80 Å². The lowest BCUT2D eigenvalue weighted by molar-refractivity contribution is 0.0979. The van der Waals surface area contributed by atoms with Gasteiger partial charge in [0.2, 0.25) is 0 Å². The Labute approximate surface area is 173 Å². The Morgan fingerprint density at radius 1 is 1.32 bits per heavy atom. The van der Waals surface area contributed by atoms with E-state index in [2.05, 4.69) is 17.6 Å². The van der Waals surface area contributed by atoms with Gasteiger partial charge >= 0.3 is 0 Å². The van der Waals surface area contributed by atoms with Gasteiger partial charge in [0.25, 0.3) is 0 Å². The molecule has 0 saturated carbocycles. The van der Waals surface area contributed by atoms with Crippen molar-refractivity contribution in [3.63, 3.8) is 0 Å². The summed E-state index contributed by atoms with van der Waals surface area (Å²) in [5.41, 5.74) is 2.85. The summed E-state index contributed by atoms with van der Waals surface area (Å²) >= 11 is 1.52. The van der Waals surface area contributed by atoms with Crippen LogP contribution in [0.4, 0.5) is 5.69 Å². The molecule has 1 aromatic heterocycles. The molecule has 0 bridgehead atoms. The minimum atomic E-state index is 0.0948. The van der Waals surface area contributed by atoms with Gasteiger partial charge in [-0.1, -0.05) is 38.2 Å². The zero-order valence-corrected chi connectivity index (χ0v) is 19.1. The number of Topliss-reactive ketones (excluding diaryl/α,β-unsaturated/α-hetero) is 1. The molecular weight excluding hydrogens is 366 g/mol. The summed E-state index contributed by atoms with van der Waals surface area (Å²) in [6.07, 6.45) is 12.4. The van der Waals surface area contributed by atoms with E-state index in [-0.39, 0.29) is 5.78 Å². The van der Waals surface area contributed by atoms with Crippen molar-refractivity contribution in [2.45, 2.75) is 41.0 Å². The monoisotopic (exact) mass is 399 g/mol. The molecule has 0 saturated heterocycles. The standard InChI is InChI=1S/C21H27N3OS.C2H6/c1-7-11-15(9-3)24-13-17(25)21-20(22-14-24)19(18(10-4)26-21)16(12-8-2)23(5)6;1-2/h7-11,14H,2,12-13H2,1,3-6H3;1-2H3/b11-7-,15-9+,18-10+,19-16-;. The van der Waals surface area contributed by atoms with E-state index in [4.69, 9.17) is 4.99 Å². The summed E-state index contributed by atoms with van der Waals surface area (Å²) in [5, 5.41) is 1.04. The fourth-order valence-corrected chi connectivity index (χ4v) is 4.04. The van der Waals surface area contributed by atoms with Crippen molar-refractivity contribution in [3.8, 4) is 0 Å². The molecule has 0 fully saturated rings. The number of allylic oxidation sites excluding steroid dienone is 3. The highest BCUT2D eigenvalue weighted by Gasteiger charge is 2.23. The van der Waals surface area contributed by atoms with Crippen LogP contribution in [0.25, 0.3) is 11.8 Å². The second-order valence-corrected chi connectivity index (χ2v) is 7.20. The normalized spacial score (nSPS) is 15.8. The van der Waals surface area contributed by atoms with E-state index < -0.39 is 0 Å². The van der Waals surface area contributed by atoms with Crippen LogP contribution in [0.15, 0.2) is 41.6 Å². The first-order valence-electron chi connectivity index (χ1n) is 9.72. The average Bonchev–Trinajstić information content (AvgIpc) is 2.98. The predicted octanol–water partition coefficient (Wildman–Crippen LogP) is 4.46. The third-order valence-corrected chi connectivity index (χ3v) is 5.48. The van der Waals surface area contributed by atoms with Gasteiger partial charge in [-0.15, -0.1) is 17.9 Å². The number of rotatable bonds is 5. The van der Waals surface area contributed by atoms with Crippen molar-refractivity contribution in [2.75, 3.05) is 20.6 Å². The van der Waals surface area contributed by atoms with Crippen LogP contribution in [0.5, 0.6) is 0 Å². The summed E-state index contributed by atoms with van der Waals surface area (Å²) in [4.78, 5) is 22.4. The molecule has 4 nitrogen and oxygen atoms in total. The number of fused-ring (bicyclic) bond motifs is 1. The van der Waals surface area contributed by atoms with Crippen molar-refractivity contribution in [1.29, 1.82) is 0 Å². The van der Waals surface area contributed by atoms with Crippen molar-refractivity contribution in [1.82, 2.24) is 9.80 Å². The second-order valence-electron chi connectivity index (χ2n) is 6.15. The number of aliphatic imine (C=N–C) groups is 1. The van der Waals surface area contributed by atoms with E-state index in [9.17, 15) is 4.79 Å². The molecule has 1 aromatic rings. The van der Waals surface area contributed by atoms with E-state index >= 15 is 0 Å². The average molecular weight is 400 g/mol. The first-order valence-corrected chi connectivity index (χ1v) is 10.5. The zero-order chi connectivity index (χ0) is 21.3. The maximum Gasteiger partial charge on any atom is 0.194 e. The van der Waals surface area contributed by atoms with Gasteiger partial charge in [-0.25, -0.2) is 4.99 Å². The molecule has 1 aliphatic rings. The molecule has 28 heavy (non-hydrogen) atoms. The molecule has 0 aliphatic carbocycles. The third-order valence-electron chi connectivity index (χ3n) is 4.20. The smallest absolute Gasteiger partial charge is 0.194 e. The van der Waals surface area contributed by atoms with Crippen molar-refractivity contribution < 1.29 is 4.79 Å². The highest BCUT2D eigenvalue weighted by Crippen LogP contribution is 2.24. The van der Waals surface area contributed by atoms with E-state index in [0.29, 0.717) is 6.54 Å². The van der Waals surface area contributed by atoms with Crippen LogP contribution in [0.3, 0.4) is 0 Å². The molecule has 152 valence electrons. The molecule has 2 rings (SSSR count). The van der Waals surface area contributed by atoms with Crippen LogP contribution < -0.4 is 9.75 Å². The van der Waals surface area contributed by atoms with Crippen molar-refractivity contribution in [2.24, 2.45) is 4.99 Å². The Balaban J connectivity index is 0.00000190. The number of thiophene rings is 1. The molecule has 5 heteroatoms. The molecular formula is C23H33N3OS. The fraction of sp³-hybridized carbons (Fsp3) is 0.391. The van der Waals surface area contributed by atoms with E-state index in [1.54, 1.807) is 6.34 Å². The van der Waals surface area contributed by atoms with Gasteiger partial charge in [-0.3, -0.25) is 4.79 Å². The van der Waals surface area contributed by atoms with Crippen molar-refractivity contribution in [3.05, 3.63) is 51.2 Å². The summed E-state index contributed by atoms with van der Waals surface area (Å²) in [7, 11) is 4.03. The Bertz CT molecular complexity index is 901. The van der Waals surface area contributed by atoms with E-state index in [0.717, 1.165) is 38.1 Å². The highest BCUT2D eigenvalue weighted by atomic mass is 32.1.